The van der Waals surface area contributed by atoms with Crippen LogP contribution in [0.3, 0.4) is 0 Å². The number of fused-ring (bicyclic) bond motifs is 1. The molecule has 0 radical (unpaired) electrons. The van der Waals surface area contributed by atoms with Gasteiger partial charge in [-0.2, -0.15) is 5.10 Å². The van der Waals surface area contributed by atoms with E-state index in [1.54, 1.807) is 13.3 Å². The van der Waals surface area contributed by atoms with Gasteiger partial charge in [-0.05, 0) is 43.2 Å². The van der Waals surface area contributed by atoms with Crippen LogP contribution in [0.15, 0.2) is 54.7 Å². The number of para-hydroxylation sites is 1. The maximum absolute atomic E-state index is 13.0. The lowest BCUT2D eigenvalue weighted by atomic mass is 10.1. The minimum absolute atomic E-state index is 0.171. The molecule has 1 saturated carbocycles. The highest BCUT2D eigenvalue weighted by Crippen LogP contribution is 2.42. The molecule has 1 amide bonds. The van der Waals surface area contributed by atoms with E-state index >= 15 is 0 Å². The minimum Gasteiger partial charge on any atom is -0.497 e. The van der Waals surface area contributed by atoms with Gasteiger partial charge in [0.2, 0.25) is 0 Å². The third-order valence-corrected chi connectivity index (χ3v) is 5.77. The first kappa shape index (κ1) is 16.9. The first-order valence-corrected chi connectivity index (χ1v) is 9.94. The largest absolute Gasteiger partial charge is 0.497 e. The van der Waals surface area contributed by atoms with Crippen molar-refractivity contribution in [1.82, 2.24) is 14.8 Å². The van der Waals surface area contributed by atoms with Crippen LogP contribution < -0.4 is 10.1 Å². The van der Waals surface area contributed by atoms with Crippen LogP contribution in [0.5, 0.6) is 5.75 Å². The van der Waals surface area contributed by atoms with E-state index in [2.05, 4.69) is 15.4 Å². The first-order valence-electron chi connectivity index (χ1n) is 9.12. The summed E-state index contributed by atoms with van der Waals surface area (Å²) >= 11 is 1.43. The number of hydrogen-bond donors (Lipinski definition) is 1. The summed E-state index contributed by atoms with van der Waals surface area (Å²) < 4.78 is 8.11. The predicted molar refractivity (Wildman–Crippen MR) is 110 cm³/mol. The number of nitrogens with zero attached hydrogens (tertiary/aromatic N) is 3. The molecule has 7 heteroatoms. The fourth-order valence-electron chi connectivity index (χ4n) is 3.31. The Balaban J connectivity index is 1.46. The number of aromatic nitrogens is 3. The molecule has 0 aliphatic heterocycles. The van der Waals surface area contributed by atoms with Gasteiger partial charge in [-0.15, -0.1) is 0 Å². The Bertz CT molecular complexity index is 1160. The Morgan fingerprint density at radius 2 is 2.04 bits per heavy atom. The zero-order chi connectivity index (χ0) is 19.1. The number of carbonyl (C=O) groups is 1. The average molecular weight is 390 g/mol. The number of anilines is 1. The van der Waals surface area contributed by atoms with Crippen LogP contribution in [-0.4, -0.2) is 27.8 Å². The van der Waals surface area contributed by atoms with Crippen LogP contribution in [-0.2, 0) is 0 Å². The van der Waals surface area contributed by atoms with Crippen molar-refractivity contribution in [2.75, 3.05) is 12.4 Å². The summed E-state index contributed by atoms with van der Waals surface area (Å²) in [6.45, 7) is 0. The van der Waals surface area contributed by atoms with Crippen molar-refractivity contribution in [3.8, 4) is 11.4 Å². The molecule has 1 aliphatic carbocycles. The second kappa shape index (κ2) is 6.76. The van der Waals surface area contributed by atoms with Crippen LogP contribution >= 0.6 is 11.3 Å². The summed E-state index contributed by atoms with van der Waals surface area (Å²) in [7, 11) is 1.63. The SMILES string of the molecule is COc1ccc2nc(NC(=O)c3cnn(-c4ccccc4)c3C3CC3)sc2c1. The number of rotatable bonds is 5. The molecule has 1 N–H and O–H groups in total. The summed E-state index contributed by atoms with van der Waals surface area (Å²) in [5, 5.41) is 8.02. The molecule has 2 heterocycles. The van der Waals surface area contributed by atoms with Crippen molar-refractivity contribution < 1.29 is 9.53 Å². The van der Waals surface area contributed by atoms with E-state index in [9.17, 15) is 4.79 Å². The van der Waals surface area contributed by atoms with Gasteiger partial charge in [-0.25, -0.2) is 9.67 Å². The van der Waals surface area contributed by atoms with Crippen LogP contribution in [0, 0.1) is 0 Å². The molecule has 6 nitrogen and oxygen atoms in total. The van der Waals surface area contributed by atoms with E-state index in [-0.39, 0.29) is 5.91 Å². The summed E-state index contributed by atoms with van der Waals surface area (Å²) in [5.41, 5.74) is 3.40. The van der Waals surface area contributed by atoms with Crippen LogP contribution in [0.4, 0.5) is 5.13 Å². The zero-order valence-corrected chi connectivity index (χ0v) is 16.1. The molecule has 2 aromatic heterocycles. The molecule has 4 aromatic rings. The third-order valence-electron chi connectivity index (χ3n) is 4.83. The summed E-state index contributed by atoms with van der Waals surface area (Å²) in [6, 6.07) is 15.6. The number of nitrogens with one attached hydrogen (secondary N) is 1. The molecular formula is C21H18N4O2S. The number of ether oxygens (including phenoxy) is 1. The third kappa shape index (κ3) is 3.03. The topological polar surface area (TPSA) is 69.0 Å². The quantitative estimate of drug-likeness (QED) is 0.540. The molecule has 5 rings (SSSR count). The number of methoxy groups -OCH3 is 1. The van der Waals surface area contributed by atoms with Gasteiger partial charge in [0.15, 0.2) is 5.13 Å². The molecule has 2 aromatic carbocycles. The lowest BCUT2D eigenvalue weighted by Crippen LogP contribution is -2.14. The molecule has 1 aliphatic rings. The van der Waals surface area contributed by atoms with Crippen LogP contribution in [0.1, 0.15) is 34.8 Å². The highest BCUT2D eigenvalue weighted by atomic mass is 32.1. The lowest BCUT2D eigenvalue weighted by Gasteiger charge is -2.08. The predicted octanol–water partition coefficient (Wildman–Crippen LogP) is 4.62. The number of amides is 1. The van der Waals surface area contributed by atoms with Gasteiger partial charge in [0.25, 0.3) is 5.91 Å². The molecular weight excluding hydrogens is 372 g/mol. The van der Waals surface area contributed by atoms with E-state index in [0.717, 1.165) is 40.2 Å². The Labute approximate surface area is 165 Å². The van der Waals surface area contributed by atoms with Crippen molar-refractivity contribution in [2.24, 2.45) is 0 Å². The van der Waals surface area contributed by atoms with Crippen molar-refractivity contribution >= 4 is 32.6 Å². The molecule has 28 heavy (non-hydrogen) atoms. The average Bonchev–Trinajstić information content (AvgIpc) is 3.33. The Kier molecular flexibility index (Phi) is 4.09. The number of hydrogen-bond acceptors (Lipinski definition) is 5. The van der Waals surface area contributed by atoms with Gasteiger partial charge in [-0.1, -0.05) is 29.5 Å². The highest BCUT2D eigenvalue weighted by Gasteiger charge is 2.33. The molecule has 0 saturated heterocycles. The normalized spacial score (nSPS) is 13.6. The Morgan fingerprint density at radius 3 is 2.79 bits per heavy atom. The van der Waals surface area contributed by atoms with Crippen molar-refractivity contribution in [3.05, 3.63) is 66.0 Å². The molecule has 1 fully saturated rings. The van der Waals surface area contributed by atoms with Gasteiger partial charge >= 0.3 is 0 Å². The minimum atomic E-state index is -0.171. The van der Waals surface area contributed by atoms with E-state index in [4.69, 9.17) is 4.74 Å². The fraction of sp³-hybridized carbons (Fsp3) is 0.190. The fourth-order valence-corrected chi connectivity index (χ4v) is 4.20. The van der Waals surface area contributed by atoms with Gasteiger partial charge < -0.3 is 4.74 Å². The van der Waals surface area contributed by atoms with Crippen molar-refractivity contribution in [2.45, 2.75) is 18.8 Å². The molecule has 0 spiro atoms. The van der Waals surface area contributed by atoms with Gasteiger partial charge in [-0.3, -0.25) is 10.1 Å². The van der Waals surface area contributed by atoms with Crippen molar-refractivity contribution in [3.63, 3.8) is 0 Å². The van der Waals surface area contributed by atoms with Gasteiger partial charge in [0.05, 0.1) is 40.5 Å². The second-order valence-corrected chi connectivity index (χ2v) is 7.80. The number of benzene rings is 2. The maximum atomic E-state index is 13.0. The van der Waals surface area contributed by atoms with Crippen molar-refractivity contribution in [1.29, 1.82) is 0 Å². The summed E-state index contributed by atoms with van der Waals surface area (Å²) in [6.07, 6.45) is 3.83. The van der Waals surface area contributed by atoms with Gasteiger partial charge in [0, 0.05) is 5.92 Å². The summed E-state index contributed by atoms with van der Waals surface area (Å²) in [4.78, 5) is 17.5. The lowest BCUT2D eigenvalue weighted by molar-refractivity contribution is 0.102. The number of thiazole rings is 1. The standard InChI is InChI=1S/C21H18N4O2S/c1-27-15-9-10-17-18(11-15)28-21(23-17)24-20(26)16-12-22-25(19(16)13-7-8-13)14-5-3-2-4-6-14/h2-6,9-13H,7-8H2,1H3,(H,23,24,26). The smallest absolute Gasteiger partial charge is 0.260 e. The Hall–Kier alpha value is -3.19. The zero-order valence-electron chi connectivity index (χ0n) is 15.3. The van der Waals surface area contributed by atoms with Gasteiger partial charge in [0.1, 0.15) is 5.75 Å². The monoisotopic (exact) mass is 390 g/mol. The Morgan fingerprint density at radius 1 is 1.21 bits per heavy atom. The highest BCUT2D eigenvalue weighted by molar-refractivity contribution is 7.22. The van der Waals surface area contributed by atoms with E-state index in [1.807, 2.05) is 53.2 Å². The summed E-state index contributed by atoms with van der Waals surface area (Å²) in [5.74, 6) is 0.979. The maximum Gasteiger partial charge on any atom is 0.260 e. The molecule has 0 bridgehead atoms. The molecule has 0 unspecified atom stereocenters. The van der Waals surface area contributed by atoms with E-state index in [0.29, 0.717) is 16.6 Å². The molecule has 0 atom stereocenters. The van der Waals surface area contributed by atoms with Crippen LogP contribution in [0.25, 0.3) is 15.9 Å². The van der Waals surface area contributed by atoms with E-state index < -0.39 is 0 Å². The first-order chi connectivity index (χ1) is 13.7. The number of carbonyl (C=O) groups excluding carboxylic acids is 1. The van der Waals surface area contributed by atoms with E-state index in [1.165, 1.54) is 11.3 Å². The molecule has 140 valence electrons. The van der Waals surface area contributed by atoms with Crippen LogP contribution in [0.2, 0.25) is 0 Å². The second-order valence-electron chi connectivity index (χ2n) is 6.77.